The van der Waals surface area contributed by atoms with E-state index in [1.54, 1.807) is 0 Å². The fourth-order valence-corrected chi connectivity index (χ4v) is 1.94. The molecule has 0 heterocycles. The van der Waals surface area contributed by atoms with Crippen LogP contribution in [0.3, 0.4) is 0 Å². The van der Waals surface area contributed by atoms with Gasteiger partial charge in [-0.15, -0.1) is 0 Å². The Balaban J connectivity index is 0. The minimum atomic E-state index is -0.657. The van der Waals surface area contributed by atoms with Crippen molar-refractivity contribution in [1.29, 1.82) is 0 Å². The summed E-state index contributed by atoms with van der Waals surface area (Å²) in [6.07, 6.45) is 14.4. The molecule has 107 valence electrons. The Hall–Kier alpha value is 0.210. The first kappa shape index (κ1) is 19.5. The summed E-state index contributed by atoms with van der Waals surface area (Å²) < 4.78 is 0. The van der Waals surface area contributed by atoms with Gasteiger partial charge in [-0.25, -0.2) is 0 Å². The molecule has 0 aromatic heterocycles. The standard InChI is InChI=1S/C14H28O2.Ag/c1-2-3-4-5-6-7-8-9-10-11-12-13-14(15)16;/h2-13H2,1H3,(H,15,16);. The van der Waals surface area contributed by atoms with Gasteiger partial charge in [0, 0.05) is 28.8 Å². The molecule has 0 aliphatic rings. The van der Waals surface area contributed by atoms with E-state index in [0.717, 1.165) is 12.8 Å². The summed E-state index contributed by atoms with van der Waals surface area (Å²) in [7, 11) is 0. The number of rotatable bonds is 12. The van der Waals surface area contributed by atoms with Crippen molar-refractivity contribution in [2.24, 2.45) is 0 Å². The molecule has 0 aromatic carbocycles. The Morgan fingerprint density at radius 3 is 1.47 bits per heavy atom. The van der Waals surface area contributed by atoms with Gasteiger partial charge in [-0.05, 0) is 6.42 Å². The van der Waals surface area contributed by atoms with Crippen molar-refractivity contribution in [3.63, 3.8) is 0 Å². The summed E-state index contributed by atoms with van der Waals surface area (Å²) >= 11 is 0. The molecule has 0 amide bonds. The largest absolute Gasteiger partial charge is 0.481 e. The van der Waals surface area contributed by atoms with Crippen LogP contribution >= 0.6 is 0 Å². The van der Waals surface area contributed by atoms with Crippen LogP contribution in [0.2, 0.25) is 0 Å². The van der Waals surface area contributed by atoms with E-state index < -0.39 is 5.97 Å². The first-order valence-electron chi connectivity index (χ1n) is 6.99. The van der Waals surface area contributed by atoms with Gasteiger partial charge in [0.2, 0.25) is 0 Å². The molecule has 0 unspecified atom stereocenters. The smallest absolute Gasteiger partial charge is 0.303 e. The third-order valence-corrected chi connectivity index (χ3v) is 2.99. The quantitative estimate of drug-likeness (QED) is 0.412. The Morgan fingerprint density at radius 1 is 0.765 bits per heavy atom. The molecule has 0 bridgehead atoms. The van der Waals surface area contributed by atoms with Crippen LogP contribution in [0, 0.1) is 0 Å². The van der Waals surface area contributed by atoms with Gasteiger partial charge in [0.1, 0.15) is 0 Å². The van der Waals surface area contributed by atoms with Crippen LogP contribution in [0.25, 0.3) is 0 Å². The Bertz CT molecular complexity index is 160. The first-order chi connectivity index (χ1) is 7.77. The van der Waals surface area contributed by atoms with Gasteiger partial charge in [0.25, 0.3) is 0 Å². The van der Waals surface area contributed by atoms with Crippen molar-refractivity contribution in [3.8, 4) is 0 Å². The normalized spacial score (nSPS) is 9.94. The summed E-state index contributed by atoms with van der Waals surface area (Å²) in [6.45, 7) is 2.25. The van der Waals surface area contributed by atoms with Crippen LogP contribution in [0.4, 0.5) is 0 Å². The van der Waals surface area contributed by atoms with Crippen LogP contribution < -0.4 is 0 Å². The molecule has 0 rings (SSSR count). The molecule has 0 aliphatic carbocycles. The van der Waals surface area contributed by atoms with Crippen molar-refractivity contribution >= 4 is 5.97 Å². The molecule has 0 spiro atoms. The average molecular weight is 336 g/mol. The molecular formula is C14H28AgO2. The van der Waals surface area contributed by atoms with E-state index in [4.69, 9.17) is 5.11 Å². The second-order valence-electron chi connectivity index (χ2n) is 4.68. The molecule has 1 N–H and O–H groups in total. The number of hydrogen-bond acceptors (Lipinski definition) is 1. The minimum Gasteiger partial charge on any atom is -0.481 e. The molecule has 0 fully saturated rings. The molecule has 0 aromatic rings. The third-order valence-electron chi connectivity index (χ3n) is 2.99. The van der Waals surface area contributed by atoms with Gasteiger partial charge >= 0.3 is 5.97 Å². The number of unbranched alkanes of at least 4 members (excludes halogenated alkanes) is 10. The Kier molecular flexibility index (Phi) is 18.6. The molecular weight excluding hydrogens is 308 g/mol. The van der Waals surface area contributed by atoms with Gasteiger partial charge in [-0.2, -0.15) is 0 Å². The molecule has 0 atom stereocenters. The van der Waals surface area contributed by atoms with E-state index in [0.29, 0.717) is 6.42 Å². The summed E-state index contributed by atoms with van der Waals surface area (Å²) in [5.74, 6) is -0.657. The number of hydrogen-bond donors (Lipinski definition) is 1. The maximum atomic E-state index is 10.3. The molecule has 0 saturated carbocycles. The predicted octanol–water partition coefficient (Wildman–Crippen LogP) is 4.77. The second kappa shape index (κ2) is 16.2. The Labute approximate surface area is 122 Å². The van der Waals surface area contributed by atoms with E-state index in [-0.39, 0.29) is 22.4 Å². The zero-order valence-corrected chi connectivity index (χ0v) is 12.6. The van der Waals surface area contributed by atoms with Crippen LogP contribution in [-0.2, 0) is 27.2 Å². The van der Waals surface area contributed by atoms with E-state index >= 15 is 0 Å². The van der Waals surface area contributed by atoms with Gasteiger partial charge in [-0.3, -0.25) is 4.79 Å². The van der Waals surface area contributed by atoms with Gasteiger partial charge in [0.15, 0.2) is 0 Å². The monoisotopic (exact) mass is 335 g/mol. The van der Waals surface area contributed by atoms with E-state index in [1.807, 2.05) is 0 Å². The fourth-order valence-electron chi connectivity index (χ4n) is 1.94. The van der Waals surface area contributed by atoms with Crippen molar-refractivity contribution < 1.29 is 32.3 Å². The molecule has 3 heteroatoms. The number of carboxylic acids is 1. The predicted molar refractivity (Wildman–Crippen MR) is 68.7 cm³/mol. The number of carboxylic acid groups (broad SMARTS) is 1. The van der Waals surface area contributed by atoms with Gasteiger partial charge in [-0.1, -0.05) is 71.1 Å². The van der Waals surface area contributed by atoms with Crippen LogP contribution in [0.15, 0.2) is 0 Å². The van der Waals surface area contributed by atoms with Crippen molar-refractivity contribution in [2.45, 2.75) is 84.0 Å². The fraction of sp³-hybridized carbons (Fsp3) is 0.929. The summed E-state index contributed by atoms with van der Waals surface area (Å²) in [5, 5.41) is 8.46. The van der Waals surface area contributed by atoms with Crippen molar-refractivity contribution in [1.82, 2.24) is 0 Å². The number of aliphatic carboxylic acids is 1. The van der Waals surface area contributed by atoms with E-state index in [9.17, 15) is 4.79 Å². The van der Waals surface area contributed by atoms with Gasteiger partial charge < -0.3 is 5.11 Å². The van der Waals surface area contributed by atoms with Gasteiger partial charge in [0.05, 0.1) is 0 Å². The topological polar surface area (TPSA) is 37.3 Å². The van der Waals surface area contributed by atoms with Crippen LogP contribution in [0.5, 0.6) is 0 Å². The summed E-state index contributed by atoms with van der Waals surface area (Å²) in [4.78, 5) is 10.3. The van der Waals surface area contributed by atoms with Crippen LogP contribution in [0.1, 0.15) is 84.0 Å². The zero-order chi connectivity index (χ0) is 12.1. The average Bonchev–Trinajstić information content (AvgIpc) is 2.25. The summed E-state index contributed by atoms with van der Waals surface area (Å²) in [5.41, 5.74) is 0. The molecule has 2 nitrogen and oxygen atoms in total. The van der Waals surface area contributed by atoms with Crippen molar-refractivity contribution in [3.05, 3.63) is 0 Å². The van der Waals surface area contributed by atoms with E-state index in [2.05, 4.69) is 6.92 Å². The third kappa shape index (κ3) is 18.8. The maximum Gasteiger partial charge on any atom is 0.303 e. The molecule has 17 heavy (non-hydrogen) atoms. The molecule has 0 saturated heterocycles. The molecule has 1 radical (unpaired) electrons. The van der Waals surface area contributed by atoms with Crippen molar-refractivity contribution in [2.75, 3.05) is 0 Å². The second-order valence-corrected chi connectivity index (χ2v) is 4.68. The molecule has 0 aliphatic heterocycles. The zero-order valence-electron chi connectivity index (χ0n) is 11.1. The number of carbonyl (C=O) groups is 1. The van der Waals surface area contributed by atoms with E-state index in [1.165, 1.54) is 57.8 Å². The first-order valence-corrected chi connectivity index (χ1v) is 6.99. The summed E-state index contributed by atoms with van der Waals surface area (Å²) in [6, 6.07) is 0. The maximum absolute atomic E-state index is 10.3. The minimum absolute atomic E-state index is 0. The van der Waals surface area contributed by atoms with Crippen LogP contribution in [-0.4, -0.2) is 11.1 Å². The Morgan fingerprint density at radius 2 is 1.12 bits per heavy atom. The SMILES string of the molecule is CCCCCCCCCCCCCC(=O)O.[Ag].